The van der Waals surface area contributed by atoms with Crippen LogP contribution < -0.4 is 15.4 Å². The van der Waals surface area contributed by atoms with Crippen molar-refractivity contribution in [3.8, 4) is 5.75 Å². The Kier molecular flexibility index (Phi) is 6.69. The minimum atomic E-state index is -1.42. The molecule has 0 radical (unpaired) electrons. The van der Waals surface area contributed by atoms with E-state index < -0.39 is 29.4 Å². The van der Waals surface area contributed by atoms with Gasteiger partial charge in [0.25, 0.3) is 0 Å². The van der Waals surface area contributed by atoms with E-state index in [9.17, 15) is 23.9 Å². The molecule has 0 bridgehead atoms. The predicted octanol–water partition coefficient (Wildman–Crippen LogP) is 5.36. The minimum absolute atomic E-state index is 0.126. The number of carbonyl (C=O) groups is 3. The van der Waals surface area contributed by atoms with Gasteiger partial charge in [0.1, 0.15) is 27.6 Å². The maximum absolute atomic E-state index is 14.7. The lowest BCUT2D eigenvalue weighted by Gasteiger charge is -2.13. The van der Waals surface area contributed by atoms with Gasteiger partial charge >= 0.3 is 18.0 Å². The van der Waals surface area contributed by atoms with Gasteiger partial charge in [-0.3, -0.25) is 0 Å². The summed E-state index contributed by atoms with van der Waals surface area (Å²) in [6, 6.07) is 9.15. The van der Waals surface area contributed by atoms with Gasteiger partial charge in [-0.2, -0.15) is 0 Å². The Labute approximate surface area is 202 Å². The summed E-state index contributed by atoms with van der Waals surface area (Å²) in [5.41, 5.74) is 1.45. The second kappa shape index (κ2) is 9.85. The average Bonchev–Trinajstić information content (AvgIpc) is 3.45. The number of urea groups is 1. The number of fused-ring (bicyclic) bond motifs is 1. The number of para-hydroxylation sites is 1. The number of furan rings is 1. The number of carbonyl (C=O) groups excluding carboxylic acids is 2. The first-order valence-corrected chi connectivity index (χ1v) is 11.0. The van der Waals surface area contributed by atoms with Crippen LogP contribution >= 0.6 is 11.3 Å². The molecular formula is C24H19FN2O7S. The van der Waals surface area contributed by atoms with Gasteiger partial charge in [-0.25, -0.2) is 18.8 Å². The van der Waals surface area contributed by atoms with Gasteiger partial charge in [0.2, 0.25) is 0 Å². The van der Waals surface area contributed by atoms with Gasteiger partial charge in [-0.1, -0.05) is 18.2 Å². The minimum Gasteiger partial charge on any atom is -0.496 e. The van der Waals surface area contributed by atoms with Crippen LogP contribution in [0.25, 0.3) is 11.0 Å². The fourth-order valence-corrected chi connectivity index (χ4v) is 4.49. The highest BCUT2D eigenvalue weighted by Gasteiger charge is 2.25. The number of carboxylic acids is 1. The highest BCUT2D eigenvalue weighted by atomic mass is 32.1. The summed E-state index contributed by atoms with van der Waals surface area (Å²) >= 11 is 0.802. The Morgan fingerprint density at radius 3 is 2.54 bits per heavy atom. The van der Waals surface area contributed by atoms with Crippen LogP contribution in [0.5, 0.6) is 5.75 Å². The van der Waals surface area contributed by atoms with Crippen molar-refractivity contribution in [2.45, 2.75) is 6.42 Å². The number of nitrogens with one attached hydrogen (secondary N) is 2. The lowest BCUT2D eigenvalue weighted by atomic mass is 10.0. The van der Waals surface area contributed by atoms with Crippen molar-refractivity contribution in [3.05, 3.63) is 75.4 Å². The zero-order chi connectivity index (χ0) is 25.1. The van der Waals surface area contributed by atoms with Crippen LogP contribution in [0.2, 0.25) is 0 Å². The molecule has 2 aromatic heterocycles. The van der Waals surface area contributed by atoms with E-state index in [-0.39, 0.29) is 22.0 Å². The maximum atomic E-state index is 14.7. The molecule has 0 saturated carbocycles. The lowest BCUT2D eigenvalue weighted by molar-refractivity contribution is 0.0589. The molecule has 0 unspecified atom stereocenters. The van der Waals surface area contributed by atoms with E-state index in [1.807, 2.05) is 24.3 Å². The molecule has 4 aromatic rings. The average molecular weight is 498 g/mol. The maximum Gasteiger partial charge on any atom is 0.349 e. The van der Waals surface area contributed by atoms with Crippen molar-refractivity contribution in [2.24, 2.45) is 0 Å². The molecule has 0 atom stereocenters. The number of amides is 2. The SMILES string of the molecule is COC(=O)c1scc(NC(=O)Nc2cc(Cc3coc4ccccc34)c(OC)cc2F)c1C(=O)O. The zero-order valence-corrected chi connectivity index (χ0v) is 19.3. The summed E-state index contributed by atoms with van der Waals surface area (Å²) in [4.78, 5) is 35.8. The number of anilines is 2. The third-order valence-electron chi connectivity index (χ3n) is 5.18. The van der Waals surface area contributed by atoms with Gasteiger partial charge in [0.15, 0.2) is 0 Å². The van der Waals surface area contributed by atoms with Crippen molar-refractivity contribution in [1.82, 2.24) is 0 Å². The highest BCUT2D eigenvalue weighted by molar-refractivity contribution is 7.13. The molecule has 35 heavy (non-hydrogen) atoms. The van der Waals surface area contributed by atoms with Gasteiger partial charge in [0.05, 0.1) is 31.9 Å². The van der Waals surface area contributed by atoms with Crippen LogP contribution in [-0.2, 0) is 11.2 Å². The zero-order valence-electron chi connectivity index (χ0n) is 18.5. The van der Waals surface area contributed by atoms with E-state index in [0.717, 1.165) is 35.5 Å². The quantitative estimate of drug-likeness (QED) is 0.293. The van der Waals surface area contributed by atoms with E-state index in [1.165, 1.54) is 18.6 Å². The fourth-order valence-electron chi connectivity index (χ4n) is 3.58. The Morgan fingerprint density at radius 1 is 1.09 bits per heavy atom. The monoisotopic (exact) mass is 498 g/mol. The van der Waals surface area contributed by atoms with Gasteiger partial charge < -0.3 is 29.6 Å². The topological polar surface area (TPSA) is 127 Å². The van der Waals surface area contributed by atoms with Crippen molar-refractivity contribution in [2.75, 3.05) is 24.9 Å². The molecule has 9 nitrogen and oxygen atoms in total. The lowest BCUT2D eigenvalue weighted by Crippen LogP contribution is -2.21. The molecule has 0 fully saturated rings. The number of esters is 1. The second-order valence-electron chi connectivity index (χ2n) is 7.31. The van der Waals surface area contributed by atoms with Crippen LogP contribution in [0.3, 0.4) is 0 Å². The first-order chi connectivity index (χ1) is 16.8. The molecule has 2 amide bonds. The molecule has 2 heterocycles. The number of hydrogen-bond donors (Lipinski definition) is 3. The summed E-state index contributed by atoms with van der Waals surface area (Å²) in [5.74, 6) is -2.74. The second-order valence-corrected chi connectivity index (χ2v) is 8.19. The fraction of sp³-hybridized carbons (Fsp3) is 0.125. The number of methoxy groups -OCH3 is 2. The van der Waals surface area contributed by atoms with Gasteiger partial charge in [-0.05, 0) is 12.1 Å². The molecule has 4 rings (SSSR count). The molecule has 0 aliphatic heterocycles. The van der Waals surface area contributed by atoms with Crippen LogP contribution in [-0.4, -0.2) is 37.3 Å². The Balaban J connectivity index is 1.59. The molecular weight excluding hydrogens is 479 g/mol. The molecule has 11 heteroatoms. The third-order valence-corrected chi connectivity index (χ3v) is 6.14. The number of halogens is 1. The smallest absolute Gasteiger partial charge is 0.349 e. The Bertz CT molecular complexity index is 1440. The molecule has 180 valence electrons. The Hall–Kier alpha value is -4.38. The summed E-state index contributed by atoms with van der Waals surface area (Å²) < 4.78 is 30.2. The number of carboxylic acid groups (broad SMARTS) is 1. The first kappa shape index (κ1) is 23.8. The van der Waals surface area contributed by atoms with Gasteiger partial charge in [-0.15, -0.1) is 11.3 Å². The number of ether oxygens (including phenoxy) is 2. The normalized spacial score (nSPS) is 10.7. The molecule has 2 aromatic carbocycles. The summed E-state index contributed by atoms with van der Waals surface area (Å²) in [6.07, 6.45) is 1.95. The van der Waals surface area contributed by atoms with Crippen LogP contribution in [0.15, 0.2) is 52.5 Å². The number of hydrogen-bond acceptors (Lipinski definition) is 7. The van der Waals surface area contributed by atoms with E-state index in [0.29, 0.717) is 17.6 Å². The number of thiophene rings is 1. The first-order valence-electron chi connectivity index (χ1n) is 10.1. The van der Waals surface area contributed by atoms with E-state index in [1.54, 1.807) is 6.26 Å². The third kappa shape index (κ3) is 4.80. The number of benzene rings is 2. The highest BCUT2D eigenvalue weighted by Crippen LogP contribution is 2.32. The number of rotatable bonds is 7. The molecule has 0 saturated heterocycles. The molecule has 0 aliphatic rings. The van der Waals surface area contributed by atoms with Crippen LogP contribution in [0.1, 0.15) is 31.2 Å². The number of aromatic carboxylic acids is 1. The largest absolute Gasteiger partial charge is 0.496 e. The summed E-state index contributed by atoms with van der Waals surface area (Å²) in [5, 5.41) is 16.4. The molecule has 0 aliphatic carbocycles. The van der Waals surface area contributed by atoms with Crippen LogP contribution in [0.4, 0.5) is 20.6 Å². The molecule has 3 N–H and O–H groups in total. The van der Waals surface area contributed by atoms with E-state index in [2.05, 4.69) is 15.4 Å². The standard InChI is InChI=1S/C24H19FN2O7S/c1-32-19-9-15(25)16(8-12(19)7-13-10-34-18-6-4-3-5-14(13)18)26-24(31)27-17-11-35-21(23(30)33-2)20(17)22(28)29/h3-6,8-11H,7H2,1-2H3,(H,28,29)(H2,26,27,31). The molecule has 0 spiro atoms. The van der Waals surface area contributed by atoms with Crippen LogP contribution in [0, 0.1) is 5.82 Å². The van der Waals surface area contributed by atoms with Crippen molar-refractivity contribution >= 4 is 51.7 Å². The van der Waals surface area contributed by atoms with E-state index >= 15 is 0 Å². The summed E-state index contributed by atoms with van der Waals surface area (Å²) in [6.45, 7) is 0. The summed E-state index contributed by atoms with van der Waals surface area (Å²) in [7, 11) is 2.53. The van der Waals surface area contributed by atoms with Crippen molar-refractivity contribution in [1.29, 1.82) is 0 Å². The predicted molar refractivity (Wildman–Crippen MR) is 127 cm³/mol. The van der Waals surface area contributed by atoms with Crippen molar-refractivity contribution < 1.29 is 37.8 Å². The van der Waals surface area contributed by atoms with Crippen molar-refractivity contribution in [3.63, 3.8) is 0 Å². The van der Waals surface area contributed by atoms with Gasteiger partial charge in [0, 0.05) is 34.4 Å². The Morgan fingerprint density at radius 2 is 1.83 bits per heavy atom. The van der Waals surface area contributed by atoms with E-state index in [4.69, 9.17) is 9.15 Å².